The van der Waals surface area contributed by atoms with Gasteiger partial charge in [0.2, 0.25) is 11.8 Å². The highest BCUT2D eigenvalue weighted by atomic mass is 19.4. The Morgan fingerprint density at radius 2 is 1.52 bits per heavy atom. The summed E-state index contributed by atoms with van der Waals surface area (Å²) in [6, 6.07) is 5.70. The molecule has 0 radical (unpaired) electrons. The van der Waals surface area contributed by atoms with Gasteiger partial charge in [0.05, 0.1) is 30.1 Å². The van der Waals surface area contributed by atoms with Crippen molar-refractivity contribution in [3.05, 3.63) is 70.5 Å². The lowest BCUT2D eigenvalue weighted by Crippen LogP contribution is -2.46. The van der Waals surface area contributed by atoms with E-state index >= 15 is 0 Å². The molecule has 3 fully saturated rings. The lowest BCUT2D eigenvalue weighted by Gasteiger charge is -2.43. The Balaban J connectivity index is 1.41. The van der Waals surface area contributed by atoms with E-state index in [2.05, 4.69) is 0 Å². The van der Waals surface area contributed by atoms with Crippen LogP contribution in [0.15, 0.2) is 42.5 Å². The first-order valence-corrected chi connectivity index (χ1v) is 13.2. The van der Waals surface area contributed by atoms with Gasteiger partial charge in [-0.05, 0) is 53.8 Å². The van der Waals surface area contributed by atoms with Crippen molar-refractivity contribution in [2.45, 2.75) is 31.2 Å². The van der Waals surface area contributed by atoms with Crippen molar-refractivity contribution in [3.8, 4) is 0 Å². The van der Waals surface area contributed by atoms with Crippen LogP contribution in [0.1, 0.15) is 34.7 Å². The van der Waals surface area contributed by atoms with E-state index < -0.39 is 59.3 Å². The van der Waals surface area contributed by atoms with Crippen molar-refractivity contribution in [1.29, 1.82) is 0 Å². The molecule has 42 heavy (non-hydrogen) atoms. The second kappa shape index (κ2) is 11.1. The Labute approximate surface area is 235 Å². The normalized spacial score (nSPS) is 22.8. The van der Waals surface area contributed by atoms with E-state index in [1.165, 1.54) is 34.1 Å². The molecule has 0 aromatic heterocycles. The molecule has 5 rings (SSSR count). The first-order valence-electron chi connectivity index (χ1n) is 13.2. The van der Waals surface area contributed by atoms with Gasteiger partial charge in [0.15, 0.2) is 0 Å². The first kappa shape index (κ1) is 29.6. The summed E-state index contributed by atoms with van der Waals surface area (Å²) >= 11 is 0. The van der Waals surface area contributed by atoms with Gasteiger partial charge in [0, 0.05) is 25.6 Å². The molecule has 0 spiro atoms. The third kappa shape index (κ3) is 6.16. The molecule has 0 saturated carbocycles. The zero-order valence-corrected chi connectivity index (χ0v) is 22.1. The third-order valence-electron chi connectivity index (χ3n) is 8.03. The lowest BCUT2D eigenvalue weighted by molar-refractivity contribution is -0.144. The van der Waals surface area contributed by atoms with Crippen LogP contribution in [-0.4, -0.2) is 71.9 Å². The zero-order valence-electron chi connectivity index (χ0n) is 22.1. The lowest BCUT2D eigenvalue weighted by atomic mass is 9.78. The summed E-state index contributed by atoms with van der Waals surface area (Å²) in [6.07, 6.45) is -11.0. The van der Waals surface area contributed by atoms with Crippen LogP contribution in [0.3, 0.4) is 0 Å². The van der Waals surface area contributed by atoms with Crippen molar-refractivity contribution < 1.29 is 49.9 Å². The maximum absolute atomic E-state index is 13.8. The van der Waals surface area contributed by atoms with Gasteiger partial charge in [-0.1, -0.05) is 12.1 Å². The number of halogens is 7. The molecule has 3 amide bonds. The first-order chi connectivity index (χ1) is 19.7. The summed E-state index contributed by atoms with van der Waals surface area (Å²) in [5, 5.41) is 0. The number of piperidine rings is 1. The molecule has 0 aliphatic carbocycles. The van der Waals surface area contributed by atoms with Gasteiger partial charge in [-0.25, -0.2) is 9.18 Å². The standard InChI is InChI=1S/C28H26F7N3O4/c29-21-3-1-17(2-4-21)25-22-14-37(24(40)15-36-7-8-42-26(36)41)13-18(22)5-6-38(25)23(39)11-16-9-19(27(30,31)32)12-20(10-16)28(33,34)35/h1-4,9-10,12,18,22,25H,5-8,11,13-15H2. The van der Waals surface area contributed by atoms with Gasteiger partial charge in [-0.3, -0.25) is 14.5 Å². The molecule has 3 unspecified atom stereocenters. The van der Waals surface area contributed by atoms with Gasteiger partial charge in [-0.15, -0.1) is 0 Å². The molecule has 3 heterocycles. The summed E-state index contributed by atoms with van der Waals surface area (Å²) in [5.74, 6) is -1.96. The van der Waals surface area contributed by atoms with Crippen LogP contribution in [0.4, 0.5) is 35.5 Å². The fourth-order valence-electron chi connectivity index (χ4n) is 6.04. The van der Waals surface area contributed by atoms with E-state index in [4.69, 9.17) is 4.74 Å². The fraction of sp³-hybridized carbons (Fsp3) is 0.464. The summed E-state index contributed by atoms with van der Waals surface area (Å²) in [6.45, 7) is 0.941. The van der Waals surface area contributed by atoms with E-state index in [1.807, 2.05) is 0 Å². The number of nitrogens with zero attached hydrogens (tertiary/aromatic N) is 3. The molecule has 226 valence electrons. The number of alkyl halides is 6. The number of rotatable bonds is 5. The van der Waals surface area contributed by atoms with Crippen molar-refractivity contribution in [2.75, 3.05) is 39.3 Å². The van der Waals surface area contributed by atoms with Crippen molar-refractivity contribution in [3.63, 3.8) is 0 Å². The SMILES string of the molecule is O=C(CN1CCOC1=O)N1CC2CCN(C(=O)Cc3cc(C(F)(F)F)cc(C(F)(F)F)c3)C(c3ccc(F)cc3)C2C1. The van der Waals surface area contributed by atoms with Gasteiger partial charge in [-0.2, -0.15) is 26.3 Å². The molecule has 3 aliphatic rings. The highest BCUT2D eigenvalue weighted by molar-refractivity contribution is 5.83. The maximum atomic E-state index is 13.8. The Morgan fingerprint density at radius 1 is 0.881 bits per heavy atom. The predicted octanol–water partition coefficient (Wildman–Crippen LogP) is 4.91. The number of ether oxygens (including phenoxy) is 1. The number of cyclic esters (lactones) is 1. The number of carbonyl (C=O) groups excluding carboxylic acids is 3. The molecule has 3 atom stereocenters. The van der Waals surface area contributed by atoms with Gasteiger partial charge in [0.1, 0.15) is 19.0 Å². The molecular weight excluding hydrogens is 575 g/mol. The van der Waals surface area contributed by atoms with E-state index in [0.29, 0.717) is 30.7 Å². The summed E-state index contributed by atoms with van der Waals surface area (Å²) in [5.41, 5.74) is -2.94. The minimum atomic E-state index is -5.06. The minimum absolute atomic E-state index is 0.00670. The van der Waals surface area contributed by atoms with Gasteiger partial charge in [0.25, 0.3) is 0 Å². The Kier molecular flexibility index (Phi) is 7.84. The number of benzene rings is 2. The monoisotopic (exact) mass is 601 g/mol. The molecule has 3 saturated heterocycles. The summed E-state index contributed by atoms with van der Waals surface area (Å²) < 4.78 is 99.0. The molecule has 2 aromatic rings. The van der Waals surface area contributed by atoms with Crippen molar-refractivity contribution in [1.82, 2.24) is 14.7 Å². The highest BCUT2D eigenvalue weighted by Gasteiger charge is 2.47. The summed E-state index contributed by atoms with van der Waals surface area (Å²) in [4.78, 5) is 42.6. The number of hydrogen-bond acceptors (Lipinski definition) is 4. The number of fused-ring (bicyclic) bond motifs is 1. The molecule has 3 aliphatic heterocycles. The van der Waals surface area contributed by atoms with E-state index in [0.717, 1.165) is 0 Å². The summed E-state index contributed by atoms with van der Waals surface area (Å²) in [7, 11) is 0. The molecule has 2 aromatic carbocycles. The van der Waals surface area contributed by atoms with Crippen LogP contribution in [0.25, 0.3) is 0 Å². The number of likely N-dealkylation sites (tertiary alicyclic amines) is 2. The second-order valence-electron chi connectivity index (χ2n) is 10.7. The van der Waals surface area contributed by atoms with Crippen molar-refractivity contribution >= 4 is 17.9 Å². The Morgan fingerprint density at radius 3 is 2.10 bits per heavy atom. The van der Waals surface area contributed by atoms with Crippen LogP contribution >= 0.6 is 0 Å². The maximum Gasteiger partial charge on any atom is 0.416 e. The smallest absolute Gasteiger partial charge is 0.416 e. The minimum Gasteiger partial charge on any atom is -0.448 e. The molecule has 14 heteroatoms. The average molecular weight is 602 g/mol. The molecule has 0 bridgehead atoms. The van der Waals surface area contributed by atoms with Crippen LogP contribution in [-0.2, 0) is 33.1 Å². The largest absolute Gasteiger partial charge is 0.448 e. The fourth-order valence-corrected chi connectivity index (χ4v) is 6.04. The van der Waals surface area contributed by atoms with E-state index in [1.54, 1.807) is 4.90 Å². The molecular formula is C28H26F7N3O4. The highest BCUT2D eigenvalue weighted by Crippen LogP contribution is 2.44. The van der Waals surface area contributed by atoms with Crippen LogP contribution in [0.2, 0.25) is 0 Å². The quantitative estimate of drug-likeness (QED) is 0.457. The Bertz CT molecular complexity index is 1330. The van der Waals surface area contributed by atoms with E-state index in [-0.39, 0.29) is 56.6 Å². The van der Waals surface area contributed by atoms with Crippen LogP contribution < -0.4 is 0 Å². The Hall–Kier alpha value is -3.84. The second-order valence-corrected chi connectivity index (χ2v) is 10.7. The zero-order chi connectivity index (χ0) is 30.4. The van der Waals surface area contributed by atoms with Gasteiger partial charge < -0.3 is 14.5 Å². The number of hydrogen-bond donors (Lipinski definition) is 0. The van der Waals surface area contributed by atoms with Crippen LogP contribution in [0.5, 0.6) is 0 Å². The number of carbonyl (C=O) groups is 3. The number of amides is 3. The predicted molar refractivity (Wildman–Crippen MR) is 132 cm³/mol. The molecule has 7 nitrogen and oxygen atoms in total. The topological polar surface area (TPSA) is 70.2 Å². The average Bonchev–Trinajstić information content (AvgIpc) is 3.53. The molecule has 0 N–H and O–H groups in total. The van der Waals surface area contributed by atoms with Crippen molar-refractivity contribution in [2.24, 2.45) is 11.8 Å². The van der Waals surface area contributed by atoms with Crippen LogP contribution in [0, 0.1) is 17.7 Å². The van der Waals surface area contributed by atoms with E-state index in [9.17, 15) is 45.1 Å². The van der Waals surface area contributed by atoms with Gasteiger partial charge >= 0.3 is 18.4 Å². The third-order valence-corrected chi connectivity index (χ3v) is 8.03.